The largest absolute Gasteiger partial charge is 0.490 e. The summed E-state index contributed by atoms with van der Waals surface area (Å²) in [6, 6.07) is 4.04. The van der Waals surface area contributed by atoms with Crippen LogP contribution in [0.1, 0.15) is 0 Å². The zero-order chi connectivity index (χ0) is 10.6. The third-order valence-corrected chi connectivity index (χ3v) is 1.58. The summed E-state index contributed by atoms with van der Waals surface area (Å²) in [5.74, 6) is 0.296. The zero-order valence-electron chi connectivity index (χ0n) is 7.88. The molecule has 0 radical (unpaired) electrons. The van der Waals surface area contributed by atoms with Gasteiger partial charge in [-0.05, 0) is 6.07 Å². The summed E-state index contributed by atoms with van der Waals surface area (Å²) in [6.07, 6.45) is 0. The van der Waals surface area contributed by atoms with Crippen molar-refractivity contribution in [2.24, 2.45) is 5.73 Å². The molecular formula is C8H12ClN3O3. The number of nitrogens with two attached hydrogens (primary N) is 2. The normalized spacial score (nSPS) is 9.13. The van der Waals surface area contributed by atoms with Crippen LogP contribution in [0.5, 0.6) is 5.75 Å². The molecule has 0 saturated heterocycles. The van der Waals surface area contributed by atoms with Gasteiger partial charge in [0.05, 0.1) is 16.7 Å². The predicted octanol–water partition coefficient (Wildman–Crippen LogP) is 0.936. The van der Waals surface area contributed by atoms with Crippen LogP contribution in [0.3, 0.4) is 0 Å². The van der Waals surface area contributed by atoms with Gasteiger partial charge in [0.1, 0.15) is 12.4 Å². The third kappa shape index (κ3) is 3.61. The van der Waals surface area contributed by atoms with E-state index in [2.05, 4.69) is 0 Å². The first kappa shape index (κ1) is 13.5. The molecule has 1 rings (SSSR count). The molecular weight excluding hydrogens is 222 g/mol. The van der Waals surface area contributed by atoms with Crippen molar-refractivity contribution in [1.29, 1.82) is 0 Å². The second kappa shape index (κ2) is 6.05. The van der Waals surface area contributed by atoms with Crippen molar-refractivity contribution in [2.45, 2.75) is 0 Å². The van der Waals surface area contributed by atoms with E-state index in [9.17, 15) is 10.1 Å². The molecule has 6 nitrogen and oxygen atoms in total. The van der Waals surface area contributed by atoms with E-state index >= 15 is 0 Å². The molecule has 0 bridgehead atoms. The van der Waals surface area contributed by atoms with Crippen molar-refractivity contribution < 1.29 is 9.66 Å². The smallest absolute Gasteiger partial charge is 0.273 e. The van der Waals surface area contributed by atoms with E-state index in [0.29, 0.717) is 18.0 Å². The Morgan fingerprint density at radius 2 is 2.13 bits per heavy atom. The highest BCUT2D eigenvalue weighted by atomic mass is 35.5. The van der Waals surface area contributed by atoms with Crippen molar-refractivity contribution in [3.8, 4) is 5.75 Å². The van der Waals surface area contributed by atoms with Gasteiger partial charge in [-0.25, -0.2) is 0 Å². The first-order valence-corrected chi connectivity index (χ1v) is 4.02. The number of hydrogen-bond donors (Lipinski definition) is 2. The van der Waals surface area contributed by atoms with E-state index in [0.717, 1.165) is 0 Å². The summed E-state index contributed by atoms with van der Waals surface area (Å²) in [7, 11) is 0. The monoisotopic (exact) mass is 233 g/mol. The quantitative estimate of drug-likeness (QED) is 0.457. The van der Waals surface area contributed by atoms with Gasteiger partial charge in [-0.1, -0.05) is 0 Å². The number of hydrogen-bond acceptors (Lipinski definition) is 5. The number of nitrogens with zero attached hydrogens (tertiary/aromatic N) is 1. The number of halogens is 1. The van der Waals surface area contributed by atoms with Gasteiger partial charge in [0.25, 0.3) is 5.69 Å². The number of nitro groups is 1. The number of non-ortho nitro benzene ring substituents is 1. The van der Waals surface area contributed by atoms with Crippen LogP contribution in [-0.4, -0.2) is 18.1 Å². The highest BCUT2D eigenvalue weighted by Gasteiger charge is 2.09. The average molecular weight is 234 g/mol. The average Bonchev–Trinajstić information content (AvgIpc) is 2.16. The Morgan fingerprint density at radius 3 is 2.67 bits per heavy atom. The highest BCUT2D eigenvalue weighted by molar-refractivity contribution is 5.85. The van der Waals surface area contributed by atoms with Crippen molar-refractivity contribution in [3.05, 3.63) is 28.3 Å². The fourth-order valence-electron chi connectivity index (χ4n) is 0.930. The Kier molecular flexibility index (Phi) is 5.43. The Bertz CT molecular complexity index is 346. The molecule has 0 unspecified atom stereocenters. The summed E-state index contributed by atoms with van der Waals surface area (Å²) >= 11 is 0. The van der Waals surface area contributed by atoms with E-state index < -0.39 is 4.92 Å². The maximum Gasteiger partial charge on any atom is 0.273 e. The number of nitro benzene ring substituents is 1. The molecule has 7 heteroatoms. The third-order valence-electron chi connectivity index (χ3n) is 1.58. The summed E-state index contributed by atoms with van der Waals surface area (Å²) in [6.45, 7) is 0.619. The van der Waals surface area contributed by atoms with Crippen LogP contribution in [0.2, 0.25) is 0 Å². The van der Waals surface area contributed by atoms with Crippen LogP contribution in [0, 0.1) is 10.1 Å². The standard InChI is InChI=1S/C8H11N3O3.ClH/c9-3-4-14-8-5-6(11(12)13)1-2-7(8)10;/h1-2,5H,3-4,9-10H2;1H. The first-order valence-electron chi connectivity index (χ1n) is 4.02. The fraction of sp³-hybridized carbons (Fsp3) is 0.250. The molecule has 4 N–H and O–H groups in total. The fourth-order valence-corrected chi connectivity index (χ4v) is 0.930. The molecule has 1 aromatic rings. The summed E-state index contributed by atoms with van der Waals surface area (Å²) in [5, 5.41) is 10.4. The lowest BCUT2D eigenvalue weighted by atomic mass is 10.2. The molecule has 0 aromatic heterocycles. The molecule has 0 atom stereocenters. The van der Waals surface area contributed by atoms with Crippen molar-refractivity contribution >= 4 is 23.8 Å². The first-order chi connectivity index (χ1) is 6.65. The number of benzene rings is 1. The van der Waals surface area contributed by atoms with E-state index in [1.807, 2.05) is 0 Å². The van der Waals surface area contributed by atoms with Crippen molar-refractivity contribution in [1.82, 2.24) is 0 Å². The van der Waals surface area contributed by atoms with Gasteiger partial charge < -0.3 is 16.2 Å². The summed E-state index contributed by atoms with van der Waals surface area (Å²) in [4.78, 5) is 9.92. The topological polar surface area (TPSA) is 104 Å². The maximum atomic E-state index is 10.4. The van der Waals surface area contributed by atoms with Gasteiger partial charge in [-0.2, -0.15) is 0 Å². The van der Waals surface area contributed by atoms with Gasteiger partial charge in [0, 0.05) is 12.6 Å². The summed E-state index contributed by atoms with van der Waals surface area (Å²) < 4.78 is 5.12. The van der Waals surface area contributed by atoms with E-state index in [4.69, 9.17) is 16.2 Å². The second-order valence-corrected chi connectivity index (χ2v) is 2.62. The Morgan fingerprint density at radius 1 is 1.47 bits per heavy atom. The molecule has 84 valence electrons. The Hall–Kier alpha value is -1.53. The molecule has 0 aliphatic rings. The molecule has 1 aromatic carbocycles. The number of ether oxygens (including phenoxy) is 1. The minimum absolute atomic E-state index is 0. The van der Waals surface area contributed by atoms with Crippen molar-refractivity contribution in [2.75, 3.05) is 18.9 Å². The van der Waals surface area contributed by atoms with E-state index in [1.165, 1.54) is 18.2 Å². The minimum atomic E-state index is -0.505. The van der Waals surface area contributed by atoms with Gasteiger partial charge in [-0.15, -0.1) is 12.4 Å². The van der Waals surface area contributed by atoms with Crippen molar-refractivity contribution in [3.63, 3.8) is 0 Å². The van der Waals surface area contributed by atoms with Gasteiger partial charge in [0.2, 0.25) is 0 Å². The number of anilines is 1. The van der Waals surface area contributed by atoms with Crippen LogP contribution in [0.4, 0.5) is 11.4 Å². The Labute approximate surface area is 92.8 Å². The molecule has 0 spiro atoms. The van der Waals surface area contributed by atoms with Crippen LogP contribution in [0.25, 0.3) is 0 Å². The molecule has 15 heavy (non-hydrogen) atoms. The van der Waals surface area contributed by atoms with Crippen LogP contribution < -0.4 is 16.2 Å². The molecule has 0 fully saturated rings. The second-order valence-electron chi connectivity index (χ2n) is 2.62. The molecule has 0 amide bonds. The van der Waals surface area contributed by atoms with E-state index in [-0.39, 0.29) is 24.7 Å². The number of nitrogen functional groups attached to an aromatic ring is 1. The number of rotatable bonds is 4. The van der Waals surface area contributed by atoms with E-state index in [1.54, 1.807) is 0 Å². The Balaban J connectivity index is 0.00000196. The highest BCUT2D eigenvalue weighted by Crippen LogP contribution is 2.26. The SMILES string of the molecule is Cl.NCCOc1cc([N+](=O)[O-])ccc1N. The van der Waals surface area contributed by atoms with Crippen LogP contribution in [-0.2, 0) is 0 Å². The van der Waals surface area contributed by atoms with Gasteiger partial charge in [-0.3, -0.25) is 10.1 Å². The molecule has 0 aliphatic carbocycles. The lowest BCUT2D eigenvalue weighted by molar-refractivity contribution is -0.384. The zero-order valence-corrected chi connectivity index (χ0v) is 8.70. The summed E-state index contributed by atoms with van der Waals surface area (Å²) in [5.41, 5.74) is 11.1. The molecule has 0 saturated carbocycles. The van der Waals surface area contributed by atoms with Crippen LogP contribution >= 0.6 is 12.4 Å². The minimum Gasteiger partial charge on any atom is -0.490 e. The predicted molar refractivity (Wildman–Crippen MR) is 59.3 cm³/mol. The maximum absolute atomic E-state index is 10.4. The lowest BCUT2D eigenvalue weighted by Crippen LogP contribution is -2.11. The molecule has 0 heterocycles. The van der Waals surface area contributed by atoms with Gasteiger partial charge in [0.15, 0.2) is 0 Å². The van der Waals surface area contributed by atoms with Gasteiger partial charge >= 0.3 is 0 Å². The van der Waals surface area contributed by atoms with Crippen LogP contribution in [0.15, 0.2) is 18.2 Å². The lowest BCUT2D eigenvalue weighted by Gasteiger charge is -2.06. The molecule has 0 aliphatic heterocycles.